The fraction of sp³-hybridized carbons (Fsp3) is 0.750. The number of aliphatic hydroxyl groups is 1. The van der Waals surface area contributed by atoms with E-state index < -0.39 is 6.10 Å². The molecule has 1 rings (SSSR count). The fourth-order valence-corrected chi connectivity index (χ4v) is 1.54. The number of hydrogen-bond donors (Lipinski definition) is 2. The van der Waals surface area contributed by atoms with Gasteiger partial charge in [-0.25, -0.2) is 0 Å². The summed E-state index contributed by atoms with van der Waals surface area (Å²) in [6.07, 6.45) is 3.42. The van der Waals surface area contributed by atoms with Gasteiger partial charge in [-0.3, -0.25) is 4.68 Å². The quantitative estimate of drug-likeness (QED) is 0.751. The molecule has 5 heteroatoms. The molecule has 2 atom stereocenters. The smallest absolute Gasteiger partial charge is 0.0897 e. The molecule has 5 nitrogen and oxygen atoms in total. The summed E-state index contributed by atoms with van der Waals surface area (Å²) in [5, 5.41) is 17.1. The number of rotatable bonds is 7. The van der Waals surface area contributed by atoms with Crippen LogP contribution < -0.4 is 5.32 Å². The van der Waals surface area contributed by atoms with Crippen molar-refractivity contribution in [3.8, 4) is 0 Å². The molecule has 1 aromatic heterocycles. The standard InChI is InChI=1S/C12H23N3O2/c1-9(2)15-7-11(5-14-15)10(3)13-6-12(16)8-17-4/h5,7,9-10,12-13,16H,6,8H2,1-4H3. The van der Waals surface area contributed by atoms with Gasteiger partial charge in [0, 0.05) is 37.5 Å². The topological polar surface area (TPSA) is 59.3 Å². The number of hydrogen-bond acceptors (Lipinski definition) is 4. The Morgan fingerprint density at radius 3 is 2.71 bits per heavy atom. The van der Waals surface area contributed by atoms with E-state index in [0.717, 1.165) is 5.56 Å². The first-order valence-electron chi connectivity index (χ1n) is 5.99. The molecular formula is C12H23N3O2. The average Bonchev–Trinajstić information content (AvgIpc) is 2.75. The molecule has 0 saturated carbocycles. The molecule has 0 fully saturated rings. The number of methoxy groups -OCH3 is 1. The number of aromatic nitrogens is 2. The van der Waals surface area contributed by atoms with Gasteiger partial charge in [0.1, 0.15) is 0 Å². The van der Waals surface area contributed by atoms with Crippen LogP contribution >= 0.6 is 0 Å². The second kappa shape index (κ2) is 6.74. The molecule has 0 aliphatic rings. The van der Waals surface area contributed by atoms with Gasteiger partial charge in [0.05, 0.1) is 18.9 Å². The van der Waals surface area contributed by atoms with Gasteiger partial charge in [0.15, 0.2) is 0 Å². The lowest BCUT2D eigenvalue weighted by Crippen LogP contribution is -2.31. The number of ether oxygens (including phenoxy) is 1. The number of aliphatic hydroxyl groups excluding tert-OH is 1. The van der Waals surface area contributed by atoms with Crippen molar-refractivity contribution in [1.82, 2.24) is 15.1 Å². The monoisotopic (exact) mass is 241 g/mol. The van der Waals surface area contributed by atoms with E-state index >= 15 is 0 Å². The average molecular weight is 241 g/mol. The van der Waals surface area contributed by atoms with E-state index in [1.165, 1.54) is 0 Å². The van der Waals surface area contributed by atoms with Crippen LogP contribution in [0.25, 0.3) is 0 Å². The summed E-state index contributed by atoms with van der Waals surface area (Å²) in [5.41, 5.74) is 1.13. The molecule has 17 heavy (non-hydrogen) atoms. The van der Waals surface area contributed by atoms with Crippen molar-refractivity contribution in [2.75, 3.05) is 20.3 Å². The van der Waals surface area contributed by atoms with Gasteiger partial charge < -0.3 is 15.2 Å². The molecule has 0 spiro atoms. The minimum absolute atomic E-state index is 0.175. The molecule has 2 unspecified atom stereocenters. The van der Waals surface area contributed by atoms with E-state index in [1.54, 1.807) is 7.11 Å². The number of nitrogens with one attached hydrogen (secondary N) is 1. The van der Waals surface area contributed by atoms with E-state index in [2.05, 4.69) is 31.2 Å². The van der Waals surface area contributed by atoms with Crippen molar-refractivity contribution in [3.05, 3.63) is 18.0 Å². The van der Waals surface area contributed by atoms with Gasteiger partial charge >= 0.3 is 0 Å². The number of nitrogens with zero attached hydrogens (tertiary/aromatic N) is 2. The van der Waals surface area contributed by atoms with Crippen molar-refractivity contribution < 1.29 is 9.84 Å². The Kier molecular flexibility index (Phi) is 5.61. The second-order valence-electron chi connectivity index (χ2n) is 4.59. The molecular weight excluding hydrogens is 218 g/mol. The highest BCUT2D eigenvalue weighted by Gasteiger charge is 2.11. The lowest BCUT2D eigenvalue weighted by molar-refractivity contribution is 0.0630. The summed E-state index contributed by atoms with van der Waals surface area (Å²) >= 11 is 0. The van der Waals surface area contributed by atoms with Crippen LogP contribution in [0.5, 0.6) is 0 Å². The third-order valence-corrected chi connectivity index (χ3v) is 2.67. The Balaban J connectivity index is 2.43. The molecule has 0 bridgehead atoms. The van der Waals surface area contributed by atoms with E-state index in [4.69, 9.17) is 4.74 Å². The second-order valence-corrected chi connectivity index (χ2v) is 4.59. The zero-order chi connectivity index (χ0) is 12.8. The first-order valence-corrected chi connectivity index (χ1v) is 5.99. The highest BCUT2D eigenvalue weighted by Crippen LogP contribution is 2.13. The van der Waals surface area contributed by atoms with Crippen LogP contribution in [0.15, 0.2) is 12.4 Å². The van der Waals surface area contributed by atoms with Crippen LogP contribution in [0.3, 0.4) is 0 Å². The van der Waals surface area contributed by atoms with Crippen LogP contribution in [0, 0.1) is 0 Å². The minimum Gasteiger partial charge on any atom is -0.389 e. The van der Waals surface area contributed by atoms with E-state index in [0.29, 0.717) is 19.2 Å². The molecule has 0 aliphatic carbocycles. The Morgan fingerprint density at radius 2 is 2.18 bits per heavy atom. The Labute approximate surface area is 103 Å². The first kappa shape index (κ1) is 14.2. The van der Waals surface area contributed by atoms with E-state index in [-0.39, 0.29) is 6.04 Å². The summed E-state index contributed by atoms with van der Waals surface area (Å²) in [7, 11) is 1.58. The van der Waals surface area contributed by atoms with Crippen LogP contribution in [0.4, 0.5) is 0 Å². The third kappa shape index (κ3) is 4.46. The minimum atomic E-state index is -0.470. The van der Waals surface area contributed by atoms with Gasteiger partial charge in [-0.2, -0.15) is 5.10 Å². The SMILES string of the molecule is COCC(O)CNC(C)c1cnn(C(C)C)c1. The fourth-order valence-electron chi connectivity index (χ4n) is 1.54. The summed E-state index contributed by atoms with van der Waals surface area (Å²) < 4.78 is 6.80. The molecule has 0 aromatic carbocycles. The van der Waals surface area contributed by atoms with Crippen LogP contribution in [-0.2, 0) is 4.74 Å². The lowest BCUT2D eigenvalue weighted by Gasteiger charge is -2.15. The summed E-state index contributed by atoms with van der Waals surface area (Å²) in [6.45, 7) is 7.11. The maximum atomic E-state index is 9.53. The van der Waals surface area contributed by atoms with Crippen LogP contribution in [0.2, 0.25) is 0 Å². The zero-order valence-corrected chi connectivity index (χ0v) is 11.1. The summed E-state index contributed by atoms with van der Waals surface area (Å²) in [6, 6.07) is 0.545. The molecule has 0 aliphatic heterocycles. The van der Waals surface area contributed by atoms with Gasteiger partial charge in [-0.1, -0.05) is 0 Å². The summed E-state index contributed by atoms with van der Waals surface area (Å²) in [4.78, 5) is 0. The highest BCUT2D eigenvalue weighted by atomic mass is 16.5. The first-order chi connectivity index (χ1) is 8.04. The van der Waals surface area contributed by atoms with Crippen molar-refractivity contribution in [2.45, 2.75) is 39.0 Å². The van der Waals surface area contributed by atoms with Gasteiger partial charge in [-0.15, -0.1) is 0 Å². The Morgan fingerprint density at radius 1 is 1.47 bits per heavy atom. The van der Waals surface area contributed by atoms with Crippen molar-refractivity contribution in [2.24, 2.45) is 0 Å². The molecule has 98 valence electrons. The lowest BCUT2D eigenvalue weighted by atomic mass is 10.2. The normalized spacial score (nSPS) is 15.2. The highest BCUT2D eigenvalue weighted by molar-refractivity contribution is 5.09. The molecule has 1 heterocycles. The van der Waals surface area contributed by atoms with Gasteiger partial charge in [-0.05, 0) is 20.8 Å². The van der Waals surface area contributed by atoms with E-state index in [9.17, 15) is 5.11 Å². The van der Waals surface area contributed by atoms with Gasteiger partial charge in [0.2, 0.25) is 0 Å². The maximum Gasteiger partial charge on any atom is 0.0897 e. The molecule has 0 amide bonds. The predicted octanol–water partition coefficient (Wildman–Crippen LogP) is 1.12. The molecule has 0 saturated heterocycles. The van der Waals surface area contributed by atoms with Crippen molar-refractivity contribution >= 4 is 0 Å². The van der Waals surface area contributed by atoms with Crippen LogP contribution in [0.1, 0.15) is 38.4 Å². The predicted molar refractivity (Wildman–Crippen MR) is 66.9 cm³/mol. The Hall–Kier alpha value is -0.910. The van der Waals surface area contributed by atoms with Crippen molar-refractivity contribution in [1.29, 1.82) is 0 Å². The largest absolute Gasteiger partial charge is 0.389 e. The maximum absolute atomic E-state index is 9.53. The summed E-state index contributed by atoms with van der Waals surface area (Å²) in [5.74, 6) is 0. The molecule has 1 aromatic rings. The zero-order valence-electron chi connectivity index (χ0n) is 11.1. The van der Waals surface area contributed by atoms with Gasteiger partial charge in [0.25, 0.3) is 0 Å². The van der Waals surface area contributed by atoms with Crippen molar-refractivity contribution in [3.63, 3.8) is 0 Å². The third-order valence-electron chi connectivity index (χ3n) is 2.67. The molecule has 2 N–H and O–H groups in total. The van der Waals surface area contributed by atoms with E-state index in [1.807, 2.05) is 17.1 Å². The molecule has 0 radical (unpaired) electrons. The Bertz CT molecular complexity index is 325. The van der Waals surface area contributed by atoms with Crippen LogP contribution in [-0.4, -0.2) is 41.3 Å².